The van der Waals surface area contributed by atoms with Crippen LogP contribution >= 0.6 is 12.6 Å². The topological polar surface area (TPSA) is 12.0 Å². The SMILES string of the molecule is S[C-]=[W].[CH-]=C[C](=[W])NC. The summed E-state index contributed by atoms with van der Waals surface area (Å²) in [4.78, 5) is 0. The number of nitrogens with one attached hydrogen (secondary N) is 1. The first-order valence-electron chi connectivity index (χ1n) is 2.00. The Morgan fingerprint density at radius 3 is 2.22 bits per heavy atom. The molecule has 0 aromatic carbocycles. The van der Waals surface area contributed by atoms with Crippen LogP contribution in [0.15, 0.2) is 6.08 Å². The average Bonchev–Trinajstić information content (AvgIpc) is 1.88. The molecule has 0 aromatic heterocycles. The van der Waals surface area contributed by atoms with Gasteiger partial charge in [0.1, 0.15) is 0 Å². The number of likely N-dealkylation sites (N-methyl/N-ethyl adjacent to an activating group) is 1. The molecule has 0 atom stereocenters. The fourth-order valence-electron chi connectivity index (χ4n) is 0.0833. The van der Waals surface area contributed by atoms with Gasteiger partial charge in [-0.25, -0.2) is 0 Å². The zero-order valence-corrected chi connectivity index (χ0v) is 11.7. The van der Waals surface area contributed by atoms with Crippen molar-refractivity contribution >= 4 is 20.4 Å². The van der Waals surface area contributed by atoms with Crippen LogP contribution in [-0.4, -0.2) is 14.8 Å². The van der Waals surface area contributed by atoms with Gasteiger partial charge >= 0.3 is 84.1 Å². The first-order valence-corrected chi connectivity index (χ1v) is 5.38. The third-order valence-corrected chi connectivity index (χ3v) is 1.62. The monoisotopic (exact) mass is 481 g/mol. The maximum absolute atomic E-state index is 5.08. The van der Waals surface area contributed by atoms with Crippen LogP contribution in [0.2, 0.25) is 0 Å². The van der Waals surface area contributed by atoms with Crippen molar-refractivity contribution in [2.24, 2.45) is 0 Å². The normalized spacial score (nSPS) is 6.44. The molecule has 52 valence electrons. The minimum atomic E-state index is 1.08. The van der Waals surface area contributed by atoms with Gasteiger partial charge in [0, 0.05) is 0 Å². The molecule has 0 rings (SSSR count). The van der Waals surface area contributed by atoms with E-state index in [1.54, 1.807) is 6.08 Å². The van der Waals surface area contributed by atoms with Crippen molar-refractivity contribution in [1.29, 1.82) is 0 Å². The Morgan fingerprint density at radius 2 is 2.22 bits per heavy atom. The van der Waals surface area contributed by atoms with E-state index in [4.69, 9.17) is 6.58 Å². The van der Waals surface area contributed by atoms with Gasteiger partial charge in [-0.3, -0.25) is 0 Å². The van der Waals surface area contributed by atoms with Crippen LogP contribution in [0.3, 0.4) is 0 Å². The minimum absolute atomic E-state index is 1.08. The van der Waals surface area contributed by atoms with Crippen LogP contribution < -0.4 is 5.32 Å². The van der Waals surface area contributed by atoms with E-state index >= 15 is 0 Å². The number of rotatable bonds is 2. The Kier molecular flexibility index (Phi) is 16.9. The molecule has 0 heterocycles. The van der Waals surface area contributed by atoms with Crippen molar-refractivity contribution in [1.82, 2.24) is 5.32 Å². The van der Waals surface area contributed by atoms with E-state index in [1.807, 2.05) is 7.05 Å². The van der Waals surface area contributed by atoms with Gasteiger partial charge in [-0.2, -0.15) is 0 Å². The van der Waals surface area contributed by atoms with Crippen molar-refractivity contribution in [3.63, 3.8) is 0 Å². The average molecular weight is 481 g/mol. The molecule has 1 N–H and O–H groups in total. The molecule has 4 heteroatoms. The van der Waals surface area contributed by atoms with Gasteiger partial charge in [-0.05, 0) is 0 Å². The van der Waals surface area contributed by atoms with Crippen molar-refractivity contribution in [3.05, 3.63) is 12.7 Å². The van der Waals surface area contributed by atoms with Crippen LogP contribution in [0.5, 0.6) is 0 Å². The Morgan fingerprint density at radius 1 is 1.89 bits per heavy atom. The summed E-state index contributed by atoms with van der Waals surface area (Å²) in [5, 5.41) is 2.89. The summed E-state index contributed by atoms with van der Waals surface area (Å²) < 4.78 is 3.61. The van der Waals surface area contributed by atoms with Gasteiger partial charge in [0.25, 0.3) is 0 Å². The quantitative estimate of drug-likeness (QED) is 0.418. The first kappa shape index (κ1) is 12.8. The Labute approximate surface area is 83.5 Å². The van der Waals surface area contributed by atoms with Crippen LogP contribution in [-0.2, 0) is 38.7 Å². The molecular weight excluding hydrogens is 474 g/mol. The van der Waals surface area contributed by atoms with Crippen LogP contribution in [0.1, 0.15) is 0 Å². The number of hydrogen-bond acceptors (Lipinski definition) is 2. The molecule has 0 amide bonds. The van der Waals surface area contributed by atoms with Crippen LogP contribution in [0.4, 0.5) is 0 Å². The van der Waals surface area contributed by atoms with Crippen molar-refractivity contribution < 1.29 is 38.7 Å². The third kappa shape index (κ3) is 17.6. The molecule has 0 bridgehead atoms. The maximum atomic E-state index is 5.08. The molecule has 0 unspecified atom stereocenters. The van der Waals surface area contributed by atoms with Crippen LogP contribution in [0.25, 0.3) is 0 Å². The zero-order chi connectivity index (χ0) is 7.70. The van der Waals surface area contributed by atoms with E-state index in [9.17, 15) is 0 Å². The zero-order valence-electron chi connectivity index (χ0n) is 4.92. The molecular formula is C5H7NSW2-2. The Bertz CT molecular complexity index is 103. The molecule has 0 aliphatic rings. The molecule has 0 aliphatic carbocycles. The first-order chi connectivity index (χ1) is 4.22. The summed E-state index contributed by atoms with van der Waals surface area (Å²) in [5.74, 6) is 0. The Hall–Kier alpha value is 1.17. The van der Waals surface area contributed by atoms with E-state index in [1.165, 1.54) is 38.7 Å². The molecule has 0 saturated heterocycles. The van der Waals surface area contributed by atoms with Crippen LogP contribution in [0, 0.1) is 6.58 Å². The molecule has 0 spiro atoms. The summed E-state index contributed by atoms with van der Waals surface area (Å²) in [6.07, 6.45) is 1.56. The van der Waals surface area contributed by atoms with E-state index in [0.29, 0.717) is 0 Å². The van der Waals surface area contributed by atoms with Crippen molar-refractivity contribution in [2.75, 3.05) is 7.05 Å². The molecule has 0 aliphatic heterocycles. The molecule has 9 heavy (non-hydrogen) atoms. The number of thiol groups is 1. The predicted octanol–water partition coefficient (Wildman–Crippen LogP) is -0.0286. The van der Waals surface area contributed by atoms with Gasteiger partial charge < -0.3 is 0 Å². The van der Waals surface area contributed by atoms with E-state index in [0.717, 1.165) is 4.02 Å². The summed E-state index contributed by atoms with van der Waals surface area (Å²) in [6, 6.07) is 0. The summed E-state index contributed by atoms with van der Waals surface area (Å²) in [7, 11) is 1.85. The number of hydrogen-bond donors (Lipinski definition) is 2. The van der Waals surface area contributed by atoms with Crippen molar-refractivity contribution in [3.8, 4) is 0 Å². The molecule has 0 radical (unpaired) electrons. The Balaban J connectivity index is 0. The fourth-order valence-corrected chi connectivity index (χ4v) is 0.0833. The summed E-state index contributed by atoms with van der Waals surface area (Å²) in [6.45, 7) is 5.08. The third-order valence-electron chi connectivity index (χ3n) is 0.398. The second kappa shape index (κ2) is 11.9. The van der Waals surface area contributed by atoms with Gasteiger partial charge in [-0.15, -0.1) is 0 Å². The van der Waals surface area contributed by atoms with Gasteiger partial charge in [0.15, 0.2) is 0 Å². The van der Waals surface area contributed by atoms with E-state index < -0.39 is 0 Å². The van der Waals surface area contributed by atoms with Crippen molar-refractivity contribution in [2.45, 2.75) is 0 Å². The van der Waals surface area contributed by atoms with Gasteiger partial charge in [-0.1, -0.05) is 0 Å². The molecule has 0 aromatic rings. The fraction of sp³-hybridized carbons (Fsp3) is 0.200. The van der Waals surface area contributed by atoms with E-state index in [-0.39, 0.29) is 0 Å². The molecule has 0 saturated carbocycles. The van der Waals surface area contributed by atoms with E-state index in [2.05, 4.69) is 21.7 Å². The van der Waals surface area contributed by atoms with Gasteiger partial charge in [0.2, 0.25) is 0 Å². The second-order valence-electron chi connectivity index (χ2n) is 0.872. The predicted molar refractivity (Wildman–Crippen MR) is 36.9 cm³/mol. The van der Waals surface area contributed by atoms with Gasteiger partial charge in [0.05, 0.1) is 0 Å². The second-order valence-corrected chi connectivity index (χ2v) is 4.60. The molecule has 1 nitrogen and oxygen atoms in total. The molecule has 0 fully saturated rings. The summed E-state index contributed by atoms with van der Waals surface area (Å²) in [5.41, 5.74) is 0. The standard InChI is InChI=1S/C4H6N.CHS.2W/c1-3-4-5-2;1-2;;/h1,3,5H,2H3;2H;;/q2*-1;;. The summed E-state index contributed by atoms with van der Waals surface area (Å²) >= 11 is 6.23.